The van der Waals surface area contributed by atoms with Crippen LogP contribution in [0.1, 0.15) is 36.4 Å². The van der Waals surface area contributed by atoms with Crippen LogP contribution >= 0.6 is 11.3 Å². The average Bonchev–Trinajstić information content (AvgIpc) is 3.28. The van der Waals surface area contributed by atoms with Crippen molar-refractivity contribution in [1.82, 2.24) is 20.1 Å². The molecule has 3 heterocycles. The van der Waals surface area contributed by atoms with Gasteiger partial charge in [-0.3, -0.25) is 4.90 Å². The van der Waals surface area contributed by atoms with E-state index in [1.807, 2.05) is 11.8 Å². The lowest BCUT2D eigenvalue weighted by Gasteiger charge is -2.47. The van der Waals surface area contributed by atoms with E-state index in [9.17, 15) is 4.79 Å². The van der Waals surface area contributed by atoms with E-state index in [0.29, 0.717) is 25.7 Å². The Labute approximate surface area is 147 Å². The van der Waals surface area contributed by atoms with Gasteiger partial charge in [-0.15, -0.1) is 11.3 Å². The van der Waals surface area contributed by atoms with E-state index in [1.54, 1.807) is 11.3 Å². The summed E-state index contributed by atoms with van der Waals surface area (Å²) in [5, 5.41) is 6.37. The largest absolute Gasteiger partial charge is 0.370 e. The molecule has 1 aromatic heterocycles. The summed E-state index contributed by atoms with van der Waals surface area (Å²) in [6, 6.07) is 0.500. The maximum absolute atomic E-state index is 12.4. The first-order chi connectivity index (χ1) is 11.6. The van der Waals surface area contributed by atoms with Gasteiger partial charge in [-0.05, 0) is 39.2 Å². The van der Waals surface area contributed by atoms with Gasteiger partial charge >= 0.3 is 6.03 Å². The Morgan fingerprint density at radius 2 is 2.33 bits per heavy atom. The molecule has 1 atom stereocenters. The van der Waals surface area contributed by atoms with Gasteiger partial charge in [0, 0.05) is 31.1 Å². The van der Waals surface area contributed by atoms with Crippen molar-refractivity contribution in [1.29, 1.82) is 0 Å². The van der Waals surface area contributed by atoms with Crippen molar-refractivity contribution >= 4 is 17.4 Å². The van der Waals surface area contributed by atoms with Crippen molar-refractivity contribution in [3.05, 3.63) is 16.1 Å². The van der Waals surface area contributed by atoms with Crippen LogP contribution in [0.5, 0.6) is 0 Å². The van der Waals surface area contributed by atoms with Crippen molar-refractivity contribution in [2.75, 3.05) is 32.8 Å². The van der Waals surface area contributed by atoms with Gasteiger partial charge in [-0.25, -0.2) is 9.78 Å². The molecule has 2 saturated heterocycles. The number of aryl methyl sites for hydroxylation is 1. The number of piperidine rings is 1. The minimum Gasteiger partial charge on any atom is -0.370 e. The molecule has 0 unspecified atom stereocenters. The summed E-state index contributed by atoms with van der Waals surface area (Å²) in [6.07, 6.45) is 4.40. The van der Waals surface area contributed by atoms with Crippen LogP contribution in [0.3, 0.4) is 0 Å². The molecular weight excluding hydrogens is 324 g/mol. The van der Waals surface area contributed by atoms with Crippen molar-refractivity contribution in [3.63, 3.8) is 0 Å². The molecule has 3 aliphatic rings. The summed E-state index contributed by atoms with van der Waals surface area (Å²) in [6.45, 7) is 6.94. The zero-order valence-electron chi connectivity index (χ0n) is 14.3. The van der Waals surface area contributed by atoms with Gasteiger partial charge in [0.25, 0.3) is 0 Å². The number of amides is 2. The van der Waals surface area contributed by atoms with Crippen LogP contribution in [0.15, 0.2) is 5.38 Å². The molecule has 0 aromatic carbocycles. The predicted molar refractivity (Wildman–Crippen MR) is 93.2 cm³/mol. The zero-order chi connectivity index (χ0) is 16.6. The van der Waals surface area contributed by atoms with E-state index in [-0.39, 0.29) is 11.6 Å². The highest BCUT2D eigenvalue weighted by molar-refractivity contribution is 7.09. The lowest BCUT2D eigenvalue weighted by atomic mass is 9.90. The number of thiazole rings is 1. The summed E-state index contributed by atoms with van der Waals surface area (Å²) in [7, 11) is 0. The number of ether oxygens (including phenoxy) is 1. The number of rotatable bonds is 3. The maximum atomic E-state index is 12.4. The Hall–Kier alpha value is -1.18. The molecule has 1 N–H and O–H groups in total. The summed E-state index contributed by atoms with van der Waals surface area (Å²) >= 11 is 1.71. The lowest BCUT2D eigenvalue weighted by Crippen LogP contribution is -2.61. The minimum atomic E-state index is -0.206. The molecule has 3 fully saturated rings. The van der Waals surface area contributed by atoms with Gasteiger partial charge in [-0.2, -0.15) is 0 Å². The molecule has 4 rings (SSSR count). The van der Waals surface area contributed by atoms with Gasteiger partial charge in [0.15, 0.2) is 0 Å². The minimum absolute atomic E-state index is 0.0902. The molecule has 0 radical (unpaired) electrons. The number of nitrogens with one attached hydrogen (secondary N) is 1. The Balaban J connectivity index is 1.38. The van der Waals surface area contributed by atoms with E-state index < -0.39 is 0 Å². The van der Waals surface area contributed by atoms with Gasteiger partial charge < -0.3 is 15.0 Å². The van der Waals surface area contributed by atoms with Crippen LogP contribution < -0.4 is 5.32 Å². The Kier molecular flexibility index (Phi) is 4.49. The first-order valence-electron chi connectivity index (χ1n) is 8.95. The van der Waals surface area contributed by atoms with Crippen molar-refractivity contribution < 1.29 is 9.53 Å². The highest BCUT2D eigenvalue weighted by Gasteiger charge is 2.42. The highest BCUT2D eigenvalue weighted by atomic mass is 32.1. The number of morpholine rings is 1. The summed E-state index contributed by atoms with van der Waals surface area (Å²) in [4.78, 5) is 21.4. The Morgan fingerprint density at radius 1 is 1.46 bits per heavy atom. The molecule has 1 saturated carbocycles. The third-order valence-electron chi connectivity index (χ3n) is 5.11. The SMILES string of the molecule is Cc1nc(CN2CCC[C@@]3(C2)CN(C(=O)NC2CC2)CCO3)cs1. The first-order valence-corrected chi connectivity index (χ1v) is 9.83. The summed E-state index contributed by atoms with van der Waals surface area (Å²) in [5.41, 5.74) is 0.941. The fraction of sp³-hybridized carbons (Fsp3) is 0.765. The summed E-state index contributed by atoms with van der Waals surface area (Å²) < 4.78 is 6.20. The van der Waals surface area contributed by atoms with Gasteiger partial charge in [-0.1, -0.05) is 0 Å². The lowest BCUT2D eigenvalue weighted by molar-refractivity contribution is -0.131. The van der Waals surface area contributed by atoms with Gasteiger partial charge in [0.2, 0.25) is 0 Å². The van der Waals surface area contributed by atoms with E-state index in [4.69, 9.17) is 4.74 Å². The number of likely N-dealkylation sites (tertiary alicyclic amines) is 1. The van der Waals surface area contributed by atoms with Crippen LogP contribution in [0, 0.1) is 6.92 Å². The van der Waals surface area contributed by atoms with E-state index in [1.165, 1.54) is 0 Å². The van der Waals surface area contributed by atoms with Gasteiger partial charge in [0.1, 0.15) is 0 Å². The molecule has 1 aromatic rings. The smallest absolute Gasteiger partial charge is 0.317 e. The van der Waals surface area contributed by atoms with E-state index >= 15 is 0 Å². The highest BCUT2D eigenvalue weighted by Crippen LogP contribution is 2.30. The molecule has 2 aliphatic heterocycles. The topological polar surface area (TPSA) is 57.7 Å². The number of hydrogen-bond donors (Lipinski definition) is 1. The molecule has 1 aliphatic carbocycles. The van der Waals surface area contributed by atoms with Crippen molar-refractivity contribution in [3.8, 4) is 0 Å². The number of urea groups is 1. The second kappa shape index (κ2) is 6.61. The number of hydrogen-bond acceptors (Lipinski definition) is 5. The van der Waals surface area contributed by atoms with Crippen molar-refractivity contribution in [2.45, 2.75) is 50.8 Å². The maximum Gasteiger partial charge on any atom is 0.317 e. The van der Waals surface area contributed by atoms with Crippen LogP contribution in [-0.4, -0.2) is 65.2 Å². The van der Waals surface area contributed by atoms with E-state index in [2.05, 4.69) is 20.6 Å². The third-order valence-corrected chi connectivity index (χ3v) is 5.93. The number of carbonyl (C=O) groups is 1. The zero-order valence-corrected chi connectivity index (χ0v) is 15.1. The average molecular weight is 350 g/mol. The van der Waals surface area contributed by atoms with Crippen molar-refractivity contribution in [2.24, 2.45) is 0 Å². The molecule has 1 spiro atoms. The number of aromatic nitrogens is 1. The molecule has 0 bridgehead atoms. The number of nitrogens with zero attached hydrogens (tertiary/aromatic N) is 3. The molecule has 2 amide bonds. The second-order valence-electron chi connectivity index (χ2n) is 7.35. The molecular formula is C17H26N4O2S. The standard InChI is InChI=1S/C17H26N4O2S/c1-13-18-15(10-24-13)9-20-6-2-5-17(11-20)12-21(7-8-23-17)16(22)19-14-3-4-14/h10,14H,2-9,11-12H2,1H3,(H,19,22)/t17-/m1/s1. The van der Waals surface area contributed by atoms with Crippen LogP contribution in [-0.2, 0) is 11.3 Å². The summed E-state index contributed by atoms with van der Waals surface area (Å²) in [5.74, 6) is 0. The van der Waals surface area contributed by atoms with Crippen LogP contribution in [0.25, 0.3) is 0 Å². The van der Waals surface area contributed by atoms with Gasteiger partial charge in [0.05, 0.1) is 29.5 Å². The first kappa shape index (κ1) is 16.3. The Bertz CT molecular complexity index is 599. The Morgan fingerprint density at radius 3 is 3.08 bits per heavy atom. The fourth-order valence-corrected chi connectivity index (χ4v) is 4.40. The van der Waals surface area contributed by atoms with E-state index in [0.717, 1.165) is 56.0 Å². The number of carbonyl (C=O) groups excluding carboxylic acids is 1. The monoisotopic (exact) mass is 350 g/mol. The van der Waals surface area contributed by atoms with Crippen LogP contribution in [0.4, 0.5) is 4.79 Å². The van der Waals surface area contributed by atoms with Crippen LogP contribution in [0.2, 0.25) is 0 Å². The second-order valence-corrected chi connectivity index (χ2v) is 8.41. The molecule has 7 heteroatoms. The fourth-order valence-electron chi connectivity index (χ4n) is 3.79. The molecule has 24 heavy (non-hydrogen) atoms. The normalized spacial score (nSPS) is 28.3. The third kappa shape index (κ3) is 3.73. The molecule has 6 nitrogen and oxygen atoms in total. The predicted octanol–water partition coefficient (Wildman–Crippen LogP) is 1.99. The quantitative estimate of drug-likeness (QED) is 0.906. The molecule has 132 valence electrons.